The SMILES string of the molecule is CC(C)(C)OC(=O)NCCCCN(Cc1cn(-c2ccccc2)nn1)C1CCCC2=CCCN=C21. The summed E-state index contributed by atoms with van der Waals surface area (Å²) in [5.41, 5.74) is 4.17. The van der Waals surface area contributed by atoms with Crippen molar-refractivity contribution < 1.29 is 9.53 Å². The van der Waals surface area contributed by atoms with E-state index in [1.54, 1.807) is 0 Å². The monoisotopic (exact) mass is 478 g/mol. The van der Waals surface area contributed by atoms with Gasteiger partial charge in [0.2, 0.25) is 0 Å². The molecule has 1 aromatic heterocycles. The Labute approximate surface area is 208 Å². The predicted octanol–water partition coefficient (Wildman–Crippen LogP) is 4.70. The van der Waals surface area contributed by atoms with Crippen LogP contribution in [0, 0.1) is 0 Å². The number of dihydropyridines is 1. The summed E-state index contributed by atoms with van der Waals surface area (Å²) in [4.78, 5) is 19.4. The van der Waals surface area contributed by atoms with Crippen LogP contribution in [0.25, 0.3) is 5.69 Å². The zero-order chi connectivity index (χ0) is 24.7. The smallest absolute Gasteiger partial charge is 0.407 e. The molecule has 188 valence electrons. The van der Waals surface area contributed by atoms with E-state index in [9.17, 15) is 4.79 Å². The highest BCUT2D eigenvalue weighted by molar-refractivity contribution is 6.05. The Morgan fingerprint density at radius 3 is 2.86 bits per heavy atom. The van der Waals surface area contributed by atoms with Crippen molar-refractivity contribution in [3.8, 4) is 5.69 Å². The Bertz CT molecular complexity index is 1040. The number of carbonyl (C=O) groups is 1. The van der Waals surface area contributed by atoms with E-state index in [0.717, 1.165) is 63.1 Å². The Morgan fingerprint density at radius 1 is 1.23 bits per heavy atom. The molecule has 1 amide bonds. The molecule has 0 spiro atoms. The first kappa shape index (κ1) is 25.1. The van der Waals surface area contributed by atoms with Gasteiger partial charge < -0.3 is 10.1 Å². The molecule has 2 heterocycles. The molecule has 1 saturated carbocycles. The first-order valence-corrected chi connectivity index (χ1v) is 12.8. The third-order valence-electron chi connectivity index (χ3n) is 6.28. The van der Waals surface area contributed by atoms with Crippen LogP contribution < -0.4 is 5.32 Å². The Balaban J connectivity index is 1.40. The number of hydrogen-bond acceptors (Lipinski definition) is 6. The van der Waals surface area contributed by atoms with Gasteiger partial charge in [-0.15, -0.1) is 5.10 Å². The Hall–Kier alpha value is -3.00. The second-order valence-corrected chi connectivity index (χ2v) is 10.3. The standard InChI is InChI=1S/C27H38N6O2/c1-27(2,3)35-26(34)29-16-7-8-18-32(24-15-9-11-21-12-10-17-28-25(21)24)19-22-20-33(31-30-22)23-13-5-4-6-14-23/h4-6,12-14,20,24H,7-11,15-19H2,1-3H3,(H,29,34). The molecular formula is C27H38N6O2. The number of hydrogen-bond donors (Lipinski definition) is 1. The number of nitrogens with one attached hydrogen (secondary N) is 1. The van der Waals surface area contributed by atoms with Gasteiger partial charge in [-0.1, -0.05) is 29.5 Å². The van der Waals surface area contributed by atoms with E-state index in [4.69, 9.17) is 9.73 Å². The largest absolute Gasteiger partial charge is 0.444 e. The molecule has 8 heteroatoms. The van der Waals surface area contributed by atoms with Crippen molar-refractivity contribution in [2.75, 3.05) is 19.6 Å². The van der Waals surface area contributed by atoms with Crippen LogP contribution in [0.1, 0.15) is 65.0 Å². The fourth-order valence-electron chi connectivity index (χ4n) is 4.73. The third-order valence-corrected chi connectivity index (χ3v) is 6.28. The normalized spacial score (nSPS) is 18.0. The molecule has 4 rings (SSSR count). The molecule has 0 radical (unpaired) electrons. The number of fused-ring (bicyclic) bond motifs is 1. The molecule has 8 nitrogen and oxygen atoms in total. The first-order valence-electron chi connectivity index (χ1n) is 12.8. The van der Waals surface area contributed by atoms with Crippen molar-refractivity contribution in [2.45, 2.75) is 77.5 Å². The maximum atomic E-state index is 11.9. The molecule has 1 N–H and O–H groups in total. The maximum absolute atomic E-state index is 11.9. The quantitative estimate of drug-likeness (QED) is 0.528. The summed E-state index contributed by atoms with van der Waals surface area (Å²) in [6.45, 7) is 8.74. The van der Waals surface area contributed by atoms with Crippen LogP contribution in [0.2, 0.25) is 0 Å². The molecule has 0 saturated heterocycles. The molecule has 1 fully saturated rings. The maximum Gasteiger partial charge on any atom is 0.407 e. The van der Waals surface area contributed by atoms with Crippen molar-refractivity contribution in [1.82, 2.24) is 25.2 Å². The van der Waals surface area contributed by atoms with Crippen LogP contribution >= 0.6 is 0 Å². The second kappa shape index (κ2) is 11.6. The van der Waals surface area contributed by atoms with Crippen LogP contribution in [0.3, 0.4) is 0 Å². The Morgan fingerprint density at radius 2 is 2.06 bits per heavy atom. The van der Waals surface area contributed by atoms with E-state index in [0.29, 0.717) is 12.6 Å². The average Bonchev–Trinajstić information content (AvgIpc) is 3.31. The van der Waals surface area contributed by atoms with Gasteiger partial charge in [-0.05, 0) is 83.5 Å². The van der Waals surface area contributed by atoms with Gasteiger partial charge in [0.05, 0.1) is 29.3 Å². The number of ether oxygens (including phenoxy) is 1. The number of aliphatic imine (C=N–C) groups is 1. The summed E-state index contributed by atoms with van der Waals surface area (Å²) in [6, 6.07) is 10.4. The second-order valence-electron chi connectivity index (χ2n) is 10.3. The minimum absolute atomic E-state index is 0.302. The fraction of sp³-hybridized carbons (Fsp3) is 0.556. The van der Waals surface area contributed by atoms with Crippen LogP contribution in [0.5, 0.6) is 0 Å². The summed E-state index contributed by atoms with van der Waals surface area (Å²) in [6.07, 6.45) is 10.4. The molecule has 1 unspecified atom stereocenters. The minimum atomic E-state index is -0.481. The molecule has 1 aliphatic carbocycles. The van der Waals surface area contributed by atoms with E-state index in [-0.39, 0.29) is 6.09 Å². The number of alkyl carbamates (subject to hydrolysis) is 1. The topological polar surface area (TPSA) is 84.6 Å². The number of aromatic nitrogens is 3. The first-order chi connectivity index (χ1) is 16.9. The van der Waals surface area contributed by atoms with E-state index in [1.807, 2.05) is 62.0 Å². The van der Waals surface area contributed by atoms with E-state index >= 15 is 0 Å². The number of benzene rings is 1. The minimum Gasteiger partial charge on any atom is -0.444 e. The predicted molar refractivity (Wildman–Crippen MR) is 138 cm³/mol. The number of carbonyl (C=O) groups excluding carboxylic acids is 1. The molecular weight excluding hydrogens is 440 g/mol. The molecule has 0 bridgehead atoms. The van der Waals surface area contributed by atoms with Crippen molar-refractivity contribution in [3.63, 3.8) is 0 Å². The van der Waals surface area contributed by atoms with Crippen molar-refractivity contribution in [2.24, 2.45) is 4.99 Å². The number of unbranched alkanes of at least 4 members (excludes halogenated alkanes) is 1. The van der Waals surface area contributed by atoms with Crippen molar-refractivity contribution in [3.05, 3.63) is 53.9 Å². The number of para-hydroxylation sites is 1. The van der Waals surface area contributed by atoms with Gasteiger partial charge >= 0.3 is 6.09 Å². The van der Waals surface area contributed by atoms with Gasteiger partial charge in [0.15, 0.2) is 0 Å². The zero-order valence-corrected chi connectivity index (χ0v) is 21.2. The molecule has 1 atom stereocenters. The van der Waals surface area contributed by atoms with Crippen LogP contribution in [-0.4, -0.2) is 63.0 Å². The summed E-state index contributed by atoms with van der Waals surface area (Å²) < 4.78 is 7.17. The van der Waals surface area contributed by atoms with Gasteiger partial charge in [0.25, 0.3) is 0 Å². The number of rotatable bonds is 9. The molecule has 35 heavy (non-hydrogen) atoms. The number of nitrogens with zero attached hydrogens (tertiary/aromatic N) is 5. The Kier molecular flexibility index (Phi) is 8.33. The molecule has 2 aromatic rings. The van der Waals surface area contributed by atoms with Gasteiger partial charge in [-0.2, -0.15) is 0 Å². The van der Waals surface area contributed by atoms with E-state index in [1.165, 1.54) is 17.7 Å². The zero-order valence-electron chi connectivity index (χ0n) is 21.2. The summed E-state index contributed by atoms with van der Waals surface area (Å²) in [7, 11) is 0. The van der Waals surface area contributed by atoms with Gasteiger partial charge in [-0.3, -0.25) is 9.89 Å². The third kappa shape index (κ3) is 7.24. The lowest BCUT2D eigenvalue weighted by Gasteiger charge is -2.37. The molecule has 2 aliphatic rings. The van der Waals surface area contributed by atoms with Crippen LogP contribution in [0.4, 0.5) is 4.79 Å². The van der Waals surface area contributed by atoms with Gasteiger partial charge in [0.1, 0.15) is 5.60 Å². The summed E-state index contributed by atoms with van der Waals surface area (Å²) in [5.74, 6) is 0. The highest BCUT2D eigenvalue weighted by Crippen LogP contribution is 2.29. The van der Waals surface area contributed by atoms with E-state index in [2.05, 4.69) is 26.6 Å². The molecule has 1 aromatic carbocycles. The summed E-state index contributed by atoms with van der Waals surface area (Å²) >= 11 is 0. The van der Waals surface area contributed by atoms with E-state index < -0.39 is 5.60 Å². The lowest BCUT2D eigenvalue weighted by molar-refractivity contribution is 0.0526. The average molecular weight is 479 g/mol. The van der Waals surface area contributed by atoms with Crippen molar-refractivity contribution >= 4 is 11.8 Å². The fourth-order valence-corrected chi connectivity index (χ4v) is 4.73. The molecule has 1 aliphatic heterocycles. The number of amides is 1. The van der Waals surface area contributed by atoms with Crippen LogP contribution in [-0.2, 0) is 11.3 Å². The summed E-state index contributed by atoms with van der Waals surface area (Å²) in [5, 5.41) is 11.7. The lowest BCUT2D eigenvalue weighted by atomic mass is 9.85. The van der Waals surface area contributed by atoms with Crippen LogP contribution in [0.15, 0.2) is 53.2 Å². The van der Waals surface area contributed by atoms with Gasteiger partial charge in [0, 0.05) is 19.6 Å². The lowest BCUT2D eigenvalue weighted by Crippen LogP contribution is -2.45. The van der Waals surface area contributed by atoms with Crippen molar-refractivity contribution in [1.29, 1.82) is 0 Å². The van der Waals surface area contributed by atoms with Gasteiger partial charge in [-0.25, -0.2) is 9.48 Å². The highest BCUT2D eigenvalue weighted by Gasteiger charge is 2.30. The highest BCUT2D eigenvalue weighted by atomic mass is 16.6.